The molecular weight excluding hydrogens is 184 g/mol. The largest absolute Gasteiger partial charge is 0.311 e. The first kappa shape index (κ1) is 12.5. The molecule has 2 nitrogen and oxygen atoms in total. The second kappa shape index (κ2) is 6.15. The number of likely N-dealkylation sites (tertiary alicyclic amines) is 1. The lowest BCUT2D eigenvalue weighted by Crippen LogP contribution is -2.43. The zero-order valence-corrected chi connectivity index (χ0v) is 10.3. The lowest BCUT2D eigenvalue weighted by molar-refractivity contribution is 0.185. The molecule has 0 aromatic carbocycles. The monoisotopic (exact) mass is 208 g/mol. The lowest BCUT2D eigenvalue weighted by atomic mass is 9.90. The summed E-state index contributed by atoms with van der Waals surface area (Å²) >= 11 is 0. The quantitative estimate of drug-likeness (QED) is 0.708. The molecule has 15 heavy (non-hydrogen) atoms. The summed E-state index contributed by atoms with van der Waals surface area (Å²) in [4.78, 5) is 2.41. The number of hydrogen-bond acceptors (Lipinski definition) is 2. The van der Waals surface area contributed by atoms with E-state index in [0.717, 1.165) is 12.3 Å². The molecule has 2 unspecified atom stereocenters. The third kappa shape index (κ3) is 4.24. The average molecular weight is 208 g/mol. The lowest BCUT2D eigenvalue weighted by Gasteiger charge is -2.34. The number of rotatable bonds is 4. The van der Waals surface area contributed by atoms with E-state index < -0.39 is 0 Å². The van der Waals surface area contributed by atoms with E-state index in [2.05, 4.69) is 37.0 Å². The highest BCUT2D eigenvalue weighted by Crippen LogP contribution is 2.19. The van der Waals surface area contributed by atoms with Crippen LogP contribution in [0, 0.1) is 18.3 Å². The minimum absolute atomic E-state index is 0.449. The van der Waals surface area contributed by atoms with Gasteiger partial charge in [0.1, 0.15) is 0 Å². The van der Waals surface area contributed by atoms with Crippen molar-refractivity contribution in [3.8, 4) is 12.3 Å². The Morgan fingerprint density at radius 2 is 2.00 bits per heavy atom. The molecule has 0 bridgehead atoms. The molecule has 0 aliphatic carbocycles. The van der Waals surface area contributed by atoms with Crippen molar-refractivity contribution in [1.29, 1.82) is 0 Å². The standard InChI is InChI=1S/C13H24N2/c1-5-6-11(2)14-12(3)13-7-9-15(4)10-8-13/h1,11-14H,6-10H2,2-4H3. The fourth-order valence-electron chi connectivity index (χ4n) is 2.35. The summed E-state index contributed by atoms with van der Waals surface area (Å²) in [6.45, 7) is 6.94. The number of piperidine rings is 1. The van der Waals surface area contributed by atoms with Crippen molar-refractivity contribution in [2.75, 3.05) is 20.1 Å². The maximum atomic E-state index is 5.31. The summed E-state index contributed by atoms with van der Waals surface area (Å²) in [6.07, 6.45) is 8.76. The topological polar surface area (TPSA) is 15.3 Å². The third-order valence-electron chi connectivity index (χ3n) is 3.44. The number of terminal acetylenes is 1. The molecule has 0 aromatic heterocycles. The number of hydrogen-bond donors (Lipinski definition) is 1. The highest BCUT2D eigenvalue weighted by atomic mass is 15.1. The van der Waals surface area contributed by atoms with Crippen LogP contribution in [0.1, 0.15) is 33.1 Å². The first-order valence-electron chi connectivity index (χ1n) is 6.01. The highest BCUT2D eigenvalue weighted by molar-refractivity contribution is 4.90. The first-order valence-corrected chi connectivity index (χ1v) is 6.01. The van der Waals surface area contributed by atoms with Gasteiger partial charge in [0.05, 0.1) is 0 Å². The van der Waals surface area contributed by atoms with Gasteiger partial charge in [-0.3, -0.25) is 0 Å². The summed E-state index contributed by atoms with van der Waals surface area (Å²) in [7, 11) is 2.20. The van der Waals surface area contributed by atoms with E-state index in [1.165, 1.54) is 25.9 Å². The second-order valence-electron chi connectivity index (χ2n) is 4.91. The van der Waals surface area contributed by atoms with Crippen molar-refractivity contribution in [1.82, 2.24) is 10.2 Å². The fraction of sp³-hybridized carbons (Fsp3) is 0.846. The summed E-state index contributed by atoms with van der Waals surface area (Å²) in [5, 5.41) is 3.60. The van der Waals surface area contributed by atoms with Crippen molar-refractivity contribution in [2.45, 2.75) is 45.2 Å². The van der Waals surface area contributed by atoms with E-state index in [4.69, 9.17) is 6.42 Å². The zero-order chi connectivity index (χ0) is 11.3. The van der Waals surface area contributed by atoms with Crippen LogP contribution in [0.5, 0.6) is 0 Å². The van der Waals surface area contributed by atoms with Crippen LogP contribution in [0.3, 0.4) is 0 Å². The van der Waals surface area contributed by atoms with Gasteiger partial charge in [0.25, 0.3) is 0 Å². The average Bonchev–Trinajstić information content (AvgIpc) is 2.18. The van der Waals surface area contributed by atoms with Crippen LogP contribution >= 0.6 is 0 Å². The van der Waals surface area contributed by atoms with Crippen LogP contribution in [0.4, 0.5) is 0 Å². The SMILES string of the molecule is C#CCC(C)NC(C)C1CCN(C)CC1. The predicted octanol–water partition coefficient (Wildman–Crippen LogP) is 1.72. The molecule has 2 atom stereocenters. The van der Waals surface area contributed by atoms with Gasteiger partial charge >= 0.3 is 0 Å². The molecule has 1 rings (SSSR count). The van der Waals surface area contributed by atoms with E-state index in [9.17, 15) is 0 Å². The van der Waals surface area contributed by atoms with E-state index in [-0.39, 0.29) is 0 Å². The van der Waals surface area contributed by atoms with Gasteiger partial charge in [0.15, 0.2) is 0 Å². The molecule has 2 heteroatoms. The third-order valence-corrected chi connectivity index (χ3v) is 3.44. The summed E-state index contributed by atoms with van der Waals surface area (Å²) in [5.74, 6) is 3.53. The summed E-state index contributed by atoms with van der Waals surface area (Å²) in [5.41, 5.74) is 0. The Balaban J connectivity index is 2.28. The van der Waals surface area contributed by atoms with Gasteiger partial charge in [-0.2, -0.15) is 0 Å². The van der Waals surface area contributed by atoms with Gasteiger partial charge in [-0.1, -0.05) is 0 Å². The maximum absolute atomic E-state index is 5.31. The maximum Gasteiger partial charge on any atom is 0.0238 e. The second-order valence-corrected chi connectivity index (χ2v) is 4.91. The molecule has 0 amide bonds. The van der Waals surface area contributed by atoms with Crippen molar-refractivity contribution in [3.63, 3.8) is 0 Å². The van der Waals surface area contributed by atoms with Crippen LogP contribution in [0.25, 0.3) is 0 Å². The predicted molar refractivity (Wildman–Crippen MR) is 65.7 cm³/mol. The van der Waals surface area contributed by atoms with E-state index in [1.54, 1.807) is 0 Å². The Kier molecular flexibility index (Phi) is 5.14. The highest BCUT2D eigenvalue weighted by Gasteiger charge is 2.22. The van der Waals surface area contributed by atoms with Crippen LogP contribution < -0.4 is 5.32 Å². The molecule has 1 aliphatic rings. The molecule has 0 aromatic rings. The fourth-order valence-corrected chi connectivity index (χ4v) is 2.35. The number of nitrogens with one attached hydrogen (secondary N) is 1. The molecule has 1 heterocycles. The van der Waals surface area contributed by atoms with Crippen LogP contribution in [0.2, 0.25) is 0 Å². The molecule has 0 saturated carbocycles. The molecule has 0 radical (unpaired) electrons. The summed E-state index contributed by atoms with van der Waals surface area (Å²) < 4.78 is 0. The molecule has 1 saturated heterocycles. The van der Waals surface area contributed by atoms with Crippen molar-refractivity contribution >= 4 is 0 Å². The Morgan fingerprint density at radius 3 is 2.53 bits per heavy atom. The Labute approximate surface area is 94.4 Å². The minimum atomic E-state index is 0.449. The van der Waals surface area contributed by atoms with Gasteiger partial charge in [0, 0.05) is 18.5 Å². The molecule has 1 N–H and O–H groups in total. The molecule has 1 fully saturated rings. The van der Waals surface area contributed by atoms with Gasteiger partial charge in [-0.25, -0.2) is 0 Å². The number of nitrogens with zero attached hydrogens (tertiary/aromatic N) is 1. The van der Waals surface area contributed by atoms with Crippen molar-refractivity contribution < 1.29 is 0 Å². The molecule has 0 spiro atoms. The van der Waals surface area contributed by atoms with Crippen molar-refractivity contribution in [2.24, 2.45) is 5.92 Å². The van der Waals surface area contributed by atoms with E-state index in [1.807, 2.05) is 0 Å². The molecular formula is C13H24N2. The Bertz CT molecular complexity index is 211. The summed E-state index contributed by atoms with van der Waals surface area (Å²) in [6, 6.07) is 1.05. The van der Waals surface area contributed by atoms with Crippen LogP contribution in [0.15, 0.2) is 0 Å². The van der Waals surface area contributed by atoms with Crippen molar-refractivity contribution in [3.05, 3.63) is 0 Å². The van der Waals surface area contributed by atoms with Gasteiger partial charge < -0.3 is 10.2 Å². The van der Waals surface area contributed by atoms with Gasteiger partial charge in [-0.15, -0.1) is 12.3 Å². The first-order chi connectivity index (χ1) is 7.13. The Hall–Kier alpha value is -0.520. The van der Waals surface area contributed by atoms with E-state index in [0.29, 0.717) is 12.1 Å². The smallest absolute Gasteiger partial charge is 0.0238 e. The normalized spacial score (nSPS) is 23.3. The molecule has 1 aliphatic heterocycles. The van der Waals surface area contributed by atoms with E-state index >= 15 is 0 Å². The zero-order valence-electron chi connectivity index (χ0n) is 10.3. The minimum Gasteiger partial charge on any atom is -0.311 e. The van der Waals surface area contributed by atoms with Crippen LogP contribution in [-0.4, -0.2) is 37.1 Å². The van der Waals surface area contributed by atoms with Crippen LogP contribution in [-0.2, 0) is 0 Å². The van der Waals surface area contributed by atoms with Gasteiger partial charge in [-0.05, 0) is 52.7 Å². The molecule has 86 valence electrons. The van der Waals surface area contributed by atoms with Gasteiger partial charge in [0.2, 0.25) is 0 Å². The Morgan fingerprint density at radius 1 is 1.40 bits per heavy atom.